The van der Waals surface area contributed by atoms with Gasteiger partial charge in [0.05, 0.1) is 12.6 Å². The SMILES string of the molecule is CCn1c(Cn2nnc(-c3ccc(C)cc3)n2)nn([C@@H]2CC(=O)[C@H]3OC[C@@H]2O3)c1=S. The van der Waals surface area contributed by atoms with Crippen LogP contribution in [-0.2, 0) is 27.4 Å². The Morgan fingerprint density at radius 3 is 2.80 bits per heavy atom. The van der Waals surface area contributed by atoms with Gasteiger partial charge in [-0.2, -0.15) is 9.90 Å². The number of rotatable bonds is 5. The normalized spacial score (nSPS) is 23.3. The number of aryl methyl sites for hydroxylation is 1. The zero-order valence-electron chi connectivity index (χ0n) is 16.6. The molecule has 2 aliphatic rings. The number of carbonyl (C=O) groups is 1. The molecular formula is C19H21N7O3S. The van der Waals surface area contributed by atoms with Gasteiger partial charge in [-0.25, -0.2) is 4.68 Å². The van der Waals surface area contributed by atoms with Crippen molar-refractivity contribution in [2.75, 3.05) is 6.61 Å². The molecule has 2 bridgehead atoms. The molecule has 0 amide bonds. The molecule has 0 radical (unpaired) electrons. The Hall–Kier alpha value is -2.76. The molecule has 3 aromatic rings. The van der Waals surface area contributed by atoms with Crippen molar-refractivity contribution >= 4 is 18.0 Å². The quantitative estimate of drug-likeness (QED) is 0.567. The zero-order chi connectivity index (χ0) is 20.8. The van der Waals surface area contributed by atoms with Gasteiger partial charge in [-0.15, -0.1) is 10.2 Å². The summed E-state index contributed by atoms with van der Waals surface area (Å²) in [7, 11) is 0. The van der Waals surface area contributed by atoms with Crippen LogP contribution in [0.2, 0.25) is 0 Å². The number of aromatic nitrogens is 7. The first-order valence-corrected chi connectivity index (χ1v) is 10.3. The van der Waals surface area contributed by atoms with Crippen molar-refractivity contribution in [3.63, 3.8) is 0 Å². The highest BCUT2D eigenvalue weighted by atomic mass is 32.1. The minimum atomic E-state index is -0.743. The zero-order valence-corrected chi connectivity index (χ0v) is 17.4. The number of nitrogens with zero attached hydrogens (tertiary/aromatic N) is 7. The van der Waals surface area contributed by atoms with Crippen LogP contribution in [0.15, 0.2) is 24.3 Å². The third kappa shape index (κ3) is 3.28. The first kappa shape index (κ1) is 19.2. The molecule has 2 fully saturated rings. The predicted molar refractivity (Wildman–Crippen MR) is 107 cm³/mol. The summed E-state index contributed by atoms with van der Waals surface area (Å²) in [6.07, 6.45) is -0.680. The largest absolute Gasteiger partial charge is 0.343 e. The molecule has 156 valence electrons. The maximum absolute atomic E-state index is 12.2. The van der Waals surface area contributed by atoms with Crippen LogP contribution < -0.4 is 0 Å². The van der Waals surface area contributed by atoms with Crippen molar-refractivity contribution in [3.05, 3.63) is 40.4 Å². The lowest BCUT2D eigenvalue weighted by atomic mass is 10.0. The number of carbonyl (C=O) groups excluding carboxylic acids is 1. The second-order valence-electron chi connectivity index (χ2n) is 7.47. The fourth-order valence-corrected chi connectivity index (χ4v) is 4.24. The minimum Gasteiger partial charge on any atom is -0.343 e. The van der Waals surface area contributed by atoms with E-state index in [1.807, 2.05) is 42.7 Å². The maximum Gasteiger partial charge on any atom is 0.218 e. The van der Waals surface area contributed by atoms with E-state index in [1.54, 1.807) is 4.68 Å². The van der Waals surface area contributed by atoms with E-state index < -0.39 is 6.29 Å². The van der Waals surface area contributed by atoms with E-state index in [-0.39, 0.29) is 17.9 Å². The van der Waals surface area contributed by atoms with Crippen molar-refractivity contribution in [1.82, 2.24) is 34.6 Å². The second kappa shape index (κ2) is 7.49. The van der Waals surface area contributed by atoms with Gasteiger partial charge in [0.25, 0.3) is 0 Å². The van der Waals surface area contributed by atoms with Crippen LogP contribution >= 0.6 is 12.2 Å². The van der Waals surface area contributed by atoms with Crippen LogP contribution in [0.4, 0.5) is 0 Å². The molecule has 2 aromatic heterocycles. The maximum atomic E-state index is 12.2. The Morgan fingerprint density at radius 2 is 2.03 bits per heavy atom. The summed E-state index contributed by atoms with van der Waals surface area (Å²) in [6, 6.07) is 7.68. The van der Waals surface area contributed by atoms with Gasteiger partial charge in [0.15, 0.2) is 16.4 Å². The molecule has 0 aliphatic carbocycles. The van der Waals surface area contributed by atoms with Crippen molar-refractivity contribution < 1.29 is 14.3 Å². The van der Waals surface area contributed by atoms with Gasteiger partial charge in [0, 0.05) is 18.5 Å². The van der Waals surface area contributed by atoms with Crippen LogP contribution in [0.1, 0.15) is 30.8 Å². The Morgan fingerprint density at radius 1 is 1.23 bits per heavy atom. The average Bonchev–Trinajstić information content (AvgIpc) is 3.45. The summed E-state index contributed by atoms with van der Waals surface area (Å²) in [5.74, 6) is 1.17. The lowest BCUT2D eigenvalue weighted by molar-refractivity contribution is -0.156. The van der Waals surface area contributed by atoms with E-state index in [0.29, 0.717) is 42.5 Å². The van der Waals surface area contributed by atoms with Gasteiger partial charge >= 0.3 is 0 Å². The fraction of sp³-hybridized carbons (Fsp3) is 0.474. The van der Waals surface area contributed by atoms with Crippen LogP contribution in [0.25, 0.3) is 11.4 Å². The molecule has 0 saturated carbocycles. The molecule has 4 heterocycles. The molecule has 11 heteroatoms. The molecular weight excluding hydrogens is 406 g/mol. The van der Waals surface area contributed by atoms with Gasteiger partial charge in [-0.3, -0.25) is 4.79 Å². The van der Waals surface area contributed by atoms with E-state index in [2.05, 4.69) is 15.4 Å². The number of Topliss-reactive ketones (excluding diaryl/α,β-unsaturated/α-hetero) is 1. The standard InChI is InChI=1S/C19H21N7O3S/c1-3-24-16(9-25-22-17(20-23-25)12-6-4-11(2)5-7-12)21-26(19(24)30)13-8-14(27)18-28-10-15(13)29-18/h4-7,13,15,18H,3,8-10H2,1-2H3/t13-,15+,18+/m1/s1. The van der Waals surface area contributed by atoms with Crippen molar-refractivity contribution in [2.24, 2.45) is 0 Å². The van der Waals surface area contributed by atoms with E-state index in [4.69, 9.17) is 26.8 Å². The number of hydrogen-bond donors (Lipinski definition) is 0. The van der Waals surface area contributed by atoms with Crippen molar-refractivity contribution in [2.45, 2.75) is 51.8 Å². The van der Waals surface area contributed by atoms with Crippen molar-refractivity contribution in [1.29, 1.82) is 0 Å². The number of ether oxygens (including phenoxy) is 2. The first-order chi connectivity index (χ1) is 14.5. The summed E-state index contributed by atoms with van der Waals surface area (Å²) >= 11 is 5.65. The van der Waals surface area contributed by atoms with Gasteiger partial charge in [0.2, 0.25) is 12.1 Å². The lowest BCUT2D eigenvalue weighted by Crippen LogP contribution is -2.37. The Labute approximate surface area is 177 Å². The highest BCUT2D eigenvalue weighted by Gasteiger charge is 2.45. The lowest BCUT2D eigenvalue weighted by Gasteiger charge is -2.26. The van der Waals surface area contributed by atoms with E-state index in [0.717, 1.165) is 5.56 Å². The van der Waals surface area contributed by atoms with E-state index in [1.165, 1.54) is 10.4 Å². The van der Waals surface area contributed by atoms with Gasteiger partial charge < -0.3 is 14.0 Å². The molecule has 0 spiro atoms. The second-order valence-corrected chi connectivity index (χ2v) is 7.84. The molecule has 2 aliphatic heterocycles. The topological polar surface area (TPSA) is 102 Å². The molecule has 0 unspecified atom stereocenters. The number of tetrazole rings is 1. The van der Waals surface area contributed by atoms with Gasteiger partial charge in [0.1, 0.15) is 12.6 Å². The number of ketones is 1. The summed E-state index contributed by atoms with van der Waals surface area (Å²) < 4.78 is 15.2. The fourth-order valence-electron chi connectivity index (χ4n) is 3.83. The summed E-state index contributed by atoms with van der Waals surface area (Å²) in [4.78, 5) is 13.7. The number of hydrogen-bond acceptors (Lipinski definition) is 8. The summed E-state index contributed by atoms with van der Waals surface area (Å²) in [5.41, 5.74) is 2.07. The predicted octanol–water partition coefficient (Wildman–Crippen LogP) is 1.70. The molecule has 2 saturated heterocycles. The highest BCUT2D eigenvalue weighted by Crippen LogP contribution is 2.33. The minimum absolute atomic E-state index is 0.0797. The molecule has 0 N–H and O–H groups in total. The Balaban J connectivity index is 1.43. The molecule has 3 atom stereocenters. The number of benzene rings is 1. The van der Waals surface area contributed by atoms with Crippen LogP contribution in [0.5, 0.6) is 0 Å². The third-order valence-corrected chi connectivity index (χ3v) is 5.86. The molecule has 5 rings (SSSR count). The van der Waals surface area contributed by atoms with E-state index in [9.17, 15) is 4.79 Å². The van der Waals surface area contributed by atoms with Crippen molar-refractivity contribution in [3.8, 4) is 11.4 Å². The Kier molecular flexibility index (Phi) is 4.80. The van der Waals surface area contributed by atoms with Crippen LogP contribution in [0, 0.1) is 11.7 Å². The van der Waals surface area contributed by atoms with Crippen LogP contribution in [0.3, 0.4) is 0 Å². The average molecular weight is 427 g/mol. The Bertz CT molecular complexity index is 1150. The molecule has 1 aromatic carbocycles. The monoisotopic (exact) mass is 427 g/mol. The first-order valence-electron chi connectivity index (χ1n) is 9.86. The number of fused-ring (bicyclic) bond motifs is 2. The molecule has 10 nitrogen and oxygen atoms in total. The molecule has 30 heavy (non-hydrogen) atoms. The highest BCUT2D eigenvalue weighted by molar-refractivity contribution is 7.71. The smallest absolute Gasteiger partial charge is 0.218 e. The summed E-state index contributed by atoms with van der Waals surface area (Å²) in [6.45, 7) is 5.34. The van der Waals surface area contributed by atoms with Crippen LogP contribution in [-0.4, -0.2) is 59.3 Å². The summed E-state index contributed by atoms with van der Waals surface area (Å²) in [5, 5.41) is 17.5. The van der Waals surface area contributed by atoms with Gasteiger partial charge in [-0.05, 0) is 31.3 Å². The van der Waals surface area contributed by atoms with E-state index >= 15 is 0 Å². The van der Waals surface area contributed by atoms with Gasteiger partial charge in [-0.1, -0.05) is 29.8 Å². The third-order valence-electron chi connectivity index (χ3n) is 5.45.